The van der Waals surface area contributed by atoms with Crippen LogP contribution in [-0.2, 0) is 23.7 Å². The van der Waals surface area contributed by atoms with E-state index in [1.807, 2.05) is 0 Å². The Bertz CT molecular complexity index is 287. The van der Waals surface area contributed by atoms with Gasteiger partial charge >= 0.3 is 0 Å². The molecule has 1 fully saturated rings. The number of methoxy groups -OCH3 is 3. The average molecular weight is 277 g/mol. The van der Waals surface area contributed by atoms with Gasteiger partial charge < -0.3 is 29.4 Å². The molecule has 0 aromatic rings. The Morgan fingerprint density at radius 3 is 2.32 bits per heavy atom. The summed E-state index contributed by atoms with van der Waals surface area (Å²) < 4.78 is 21.3. The number of rotatable bonds is 6. The topological polar surface area (TPSA) is 86.3 Å². The molecule has 19 heavy (non-hydrogen) atoms. The van der Waals surface area contributed by atoms with E-state index in [0.29, 0.717) is 6.42 Å². The van der Waals surface area contributed by atoms with E-state index in [4.69, 9.17) is 18.9 Å². The minimum atomic E-state index is -0.904. The molecule has 0 aliphatic carbocycles. The lowest BCUT2D eigenvalue weighted by Gasteiger charge is -2.42. The first-order chi connectivity index (χ1) is 9.08. The Labute approximate surface area is 113 Å². The standard InChI is InChI=1S/C12H23NO6/c1-5-8(14)13-6-7-9(15)10(16-2)11(17-3)12(18-4)19-7/h7,9-12,15H,5-6H2,1-4H3,(H,13,14)/t7-,9-,10+,11-,12+/m1/s1. The van der Waals surface area contributed by atoms with Gasteiger partial charge in [0.1, 0.15) is 24.4 Å². The largest absolute Gasteiger partial charge is 0.388 e. The maximum absolute atomic E-state index is 11.2. The second-order valence-electron chi connectivity index (χ2n) is 4.33. The van der Waals surface area contributed by atoms with Crippen molar-refractivity contribution in [3.8, 4) is 0 Å². The molecule has 0 unspecified atom stereocenters. The highest BCUT2D eigenvalue weighted by atomic mass is 16.7. The van der Waals surface area contributed by atoms with Gasteiger partial charge in [0.25, 0.3) is 0 Å². The molecule has 0 aromatic carbocycles. The molecule has 1 saturated heterocycles. The zero-order chi connectivity index (χ0) is 14.4. The lowest BCUT2D eigenvalue weighted by molar-refractivity contribution is -0.297. The van der Waals surface area contributed by atoms with Crippen molar-refractivity contribution in [3.05, 3.63) is 0 Å². The minimum Gasteiger partial charge on any atom is -0.388 e. The molecule has 1 aliphatic heterocycles. The van der Waals surface area contributed by atoms with E-state index in [2.05, 4.69) is 5.32 Å². The molecular weight excluding hydrogens is 254 g/mol. The zero-order valence-corrected chi connectivity index (χ0v) is 11.8. The number of amides is 1. The second-order valence-corrected chi connectivity index (χ2v) is 4.33. The Hall–Kier alpha value is -0.730. The van der Waals surface area contributed by atoms with Gasteiger partial charge in [-0.25, -0.2) is 0 Å². The summed E-state index contributed by atoms with van der Waals surface area (Å²) in [6.07, 6.45) is -2.88. The summed E-state index contributed by atoms with van der Waals surface area (Å²) in [6, 6.07) is 0. The van der Waals surface area contributed by atoms with Crippen molar-refractivity contribution in [2.24, 2.45) is 0 Å². The quantitative estimate of drug-likeness (QED) is 0.666. The van der Waals surface area contributed by atoms with Crippen LogP contribution in [0.1, 0.15) is 13.3 Å². The fourth-order valence-electron chi connectivity index (χ4n) is 2.11. The summed E-state index contributed by atoms with van der Waals surface area (Å²) in [5, 5.41) is 12.9. The third-order valence-electron chi connectivity index (χ3n) is 3.22. The van der Waals surface area contributed by atoms with Crippen molar-refractivity contribution in [3.63, 3.8) is 0 Å². The van der Waals surface area contributed by atoms with Gasteiger partial charge in [0.05, 0.1) is 0 Å². The molecule has 0 radical (unpaired) electrons. The molecule has 1 rings (SSSR count). The van der Waals surface area contributed by atoms with Crippen LogP contribution in [0, 0.1) is 0 Å². The fourth-order valence-corrected chi connectivity index (χ4v) is 2.11. The fraction of sp³-hybridized carbons (Fsp3) is 0.917. The number of carbonyl (C=O) groups excluding carboxylic acids is 1. The van der Waals surface area contributed by atoms with Crippen LogP contribution >= 0.6 is 0 Å². The lowest BCUT2D eigenvalue weighted by Crippen LogP contribution is -2.61. The minimum absolute atomic E-state index is 0.104. The monoisotopic (exact) mass is 277 g/mol. The lowest BCUT2D eigenvalue weighted by atomic mass is 9.98. The van der Waals surface area contributed by atoms with E-state index in [0.717, 1.165) is 0 Å². The van der Waals surface area contributed by atoms with Crippen molar-refractivity contribution < 1.29 is 28.8 Å². The summed E-state index contributed by atoms with van der Waals surface area (Å²) >= 11 is 0. The number of ether oxygens (including phenoxy) is 4. The normalized spacial score (nSPS) is 35.1. The molecule has 0 spiro atoms. The summed E-state index contributed by atoms with van der Waals surface area (Å²) in [7, 11) is 4.47. The van der Waals surface area contributed by atoms with E-state index in [-0.39, 0.29) is 12.5 Å². The Kier molecular flexibility index (Phi) is 6.67. The highest BCUT2D eigenvalue weighted by Crippen LogP contribution is 2.25. The van der Waals surface area contributed by atoms with Gasteiger partial charge in [-0.1, -0.05) is 6.92 Å². The van der Waals surface area contributed by atoms with Gasteiger partial charge in [0, 0.05) is 34.3 Å². The highest BCUT2D eigenvalue weighted by molar-refractivity contribution is 5.75. The van der Waals surface area contributed by atoms with E-state index in [1.165, 1.54) is 21.3 Å². The number of hydrogen-bond donors (Lipinski definition) is 2. The van der Waals surface area contributed by atoms with Crippen LogP contribution in [-0.4, -0.2) is 69.6 Å². The Morgan fingerprint density at radius 2 is 1.84 bits per heavy atom. The molecule has 2 N–H and O–H groups in total. The van der Waals surface area contributed by atoms with Crippen LogP contribution in [0.25, 0.3) is 0 Å². The van der Waals surface area contributed by atoms with Crippen molar-refractivity contribution >= 4 is 5.91 Å². The number of carbonyl (C=O) groups is 1. The third kappa shape index (κ3) is 3.87. The molecule has 1 heterocycles. The predicted molar refractivity (Wildman–Crippen MR) is 66.6 cm³/mol. The highest BCUT2D eigenvalue weighted by Gasteiger charge is 2.46. The van der Waals surface area contributed by atoms with Gasteiger partial charge in [0.15, 0.2) is 6.29 Å². The zero-order valence-electron chi connectivity index (χ0n) is 11.8. The molecule has 5 atom stereocenters. The first-order valence-electron chi connectivity index (χ1n) is 6.27. The molecule has 1 amide bonds. The van der Waals surface area contributed by atoms with E-state index >= 15 is 0 Å². The molecular formula is C12H23NO6. The van der Waals surface area contributed by atoms with Crippen molar-refractivity contribution in [1.82, 2.24) is 5.32 Å². The van der Waals surface area contributed by atoms with E-state index in [9.17, 15) is 9.90 Å². The summed E-state index contributed by atoms with van der Waals surface area (Å²) in [5.74, 6) is -0.104. The van der Waals surface area contributed by atoms with Gasteiger partial charge in [0.2, 0.25) is 5.91 Å². The summed E-state index contributed by atoms with van der Waals surface area (Å²) in [6.45, 7) is 1.95. The van der Waals surface area contributed by atoms with Gasteiger partial charge in [-0.2, -0.15) is 0 Å². The molecule has 0 saturated carbocycles. The Balaban J connectivity index is 2.70. The van der Waals surface area contributed by atoms with E-state index in [1.54, 1.807) is 6.92 Å². The molecule has 112 valence electrons. The van der Waals surface area contributed by atoms with Crippen molar-refractivity contribution in [2.45, 2.75) is 44.1 Å². The number of hydrogen-bond acceptors (Lipinski definition) is 6. The summed E-state index contributed by atoms with van der Waals surface area (Å²) in [4.78, 5) is 11.2. The van der Waals surface area contributed by atoms with Crippen LogP contribution in [0.4, 0.5) is 0 Å². The number of aliphatic hydroxyl groups is 1. The molecule has 0 bridgehead atoms. The number of aliphatic hydroxyl groups excluding tert-OH is 1. The smallest absolute Gasteiger partial charge is 0.219 e. The van der Waals surface area contributed by atoms with Gasteiger partial charge in [-0.15, -0.1) is 0 Å². The maximum Gasteiger partial charge on any atom is 0.219 e. The van der Waals surface area contributed by atoms with Crippen molar-refractivity contribution in [2.75, 3.05) is 27.9 Å². The van der Waals surface area contributed by atoms with Crippen LogP contribution in [0.2, 0.25) is 0 Å². The maximum atomic E-state index is 11.2. The third-order valence-corrected chi connectivity index (χ3v) is 3.22. The SMILES string of the molecule is CCC(=O)NC[C@H]1O[C@H](OC)[C@H](OC)[C@@H](OC)[C@@H]1O. The molecule has 7 nitrogen and oxygen atoms in total. The first-order valence-corrected chi connectivity index (χ1v) is 6.27. The second kappa shape index (κ2) is 7.76. The van der Waals surface area contributed by atoms with Crippen LogP contribution in [0.3, 0.4) is 0 Å². The predicted octanol–water partition coefficient (Wildman–Crippen LogP) is -0.725. The van der Waals surface area contributed by atoms with Crippen LogP contribution < -0.4 is 5.32 Å². The average Bonchev–Trinajstić information content (AvgIpc) is 2.44. The molecule has 0 aromatic heterocycles. The molecule has 1 aliphatic rings. The van der Waals surface area contributed by atoms with Crippen LogP contribution in [0.5, 0.6) is 0 Å². The first kappa shape index (κ1) is 16.3. The van der Waals surface area contributed by atoms with Crippen molar-refractivity contribution in [1.29, 1.82) is 0 Å². The van der Waals surface area contributed by atoms with E-state index < -0.39 is 30.7 Å². The van der Waals surface area contributed by atoms with Gasteiger partial charge in [-0.05, 0) is 0 Å². The van der Waals surface area contributed by atoms with Crippen LogP contribution in [0.15, 0.2) is 0 Å². The Morgan fingerprint density at radius 1 is 1.21 bits per heavy atom. The summed E-state index contributed by atoms with van der Waals surface area (Å²) in [5.41, 5.74) is 0. The number of nitrogens with one attached hydrogen (secondary N) is 1. The molecule has 7 heteroatoms. The van der Waals surface area contributed by atoms with Gasteiger partial charge in [-0.3, -0.25) is 4.79 Å².